The molecule has 8 heteroatoms. The van der Waals surface area contributed by atoms with E-state index in [4.69, 9.17) is 14.2 Å². The summed E-state index contributed by atoms with van der Waals surface area (Å²) in [4.78, 5) is 28.2. The number of nitrogens with zero attached hydrogens (tertiary/aromatic N) is 1. The number of amides is 1. The highest BCUT2D eigenvalue weighted by molar-refractivity contribution is 5.97. The standard InChI is InChI=1S/C15H20N2O6.C13H16/c1-9-4-7-22-8-5-10(15(20)23-9)17-14(19)12-13(18)11(21-2)3-6-16-12;1-11-7-5-6-10-13(11)12-8-3-2-4-9-12/h3,6,9-10,18H,4-5,7-8H2,1-2H3,(H,17,19);2-3,5,7-8H,4,6,9-10H2,1H3/t9?,10-;/m0./s1. The second-order valence-electron chi connectivity index (χ2n) is 8.94. The number of pyridine rings is 1. The van der Waals surface area contributed by atoms with Gasteiger partial charge < -0.3 is 24.6 Å². The number of allylic oxidation sites excluding steroid dienone is 8. The van der Waals surface area contributed by atoms with Crippen molar-refractivity contribution in [3.63, 3.8) is 0 Å². The molecule has 1 aromatic rings. The minimum Gasteiger partial charge on any atom is -0.503 e. The van der Waals surface area contributed by atoms with Gasteiger partial charge in [0.05, 0.1) is 13.7 Å². The van der Waals surface area contributed by atoms with E-state index in [1.807, 2.05) is 0 Å². The first kappa shape index (κ1) is 27.2. The molecule has 8 nitrogen and oxygen atoms in total. The highest BCUT2D eigenvalue weighted by Gasteiger charge is 2.27. The predicted molar refractivity (Wildman–Crippen MR) is 137 cm³/mol. The van der Waals surface area contributed by atoms with Crippen molar-refractivity contribution >= 4 is 11.9 Å². The van der Waals surface area contributed by atoms with Gasteiger partial charge in [-0.15, -0.1) is 0 Å². The minimum absolute atomic E-state index is 0.124. The number of aromatic nitrogens is 1. The third kappa shape index (κ3) is 7.55. The van der Waals surface area contributed by atoms with Crippen LogP contribution in [0.5, 0.6) is 11.5 Å². The first-order valence-corrected chi connectivity index (χ1v) is 12.4. The maximum absolute atomic E-state index is 12.3. The van der Waals surface area contributed by atoms with E-state index in [1.165, 1.54) is 50.6 Å². The second-order valence-corrected chi connectivity index (χ2v) is 8.94. The third-order valence-electron chi connectivity index (χ3n) is 6.26. The van der Waals surface area contributed by atoms with Gasteiger partial charge in [-0.3, -0.25) is 4.79 Å². The second kappa shape index (κ2) is 13.6. The van der Waals surface area contributed by atoms with Gasteiger partial charge in [0.25, 0.3) is 5.91 Å². The average Bonchev–Trinajstić information content (AvgIpc) is 2.96. The zero-order chi connectivity index (χ0) is 25.9. The summed E-state index contributed by atoms with van der Waals surface area (Å²) in [6, 6.07) is 0.561. The maximum Gasteiger partial charge on any atom is 0.329 e. The fourth-order valence-electron chi connectivity index (χ4n) is 4.19. The number of carbonyl (C=O) groups excluding carboxylic acids is 2. The van der Waals surface area contributed by atoms with Gasteiger partial charge in [0.15, 0.2) is 17.2 Å². The number of methoxy groups -OCH3 is 1. The van der Waals surface area contributed by atoms with Gasteiger partial charge in [-0.25, -0.2) is 9.78 Å². The van der Waals surface area contributed by atoms with Crippen LogP contribution < -0.4 is 10.1 Å². The van der Waals surface area contributed by atoms with Crippen LogP contribution in [0.25, 0.3) is 0 Å². The molecule has 2 N–H and O–H groups in total. The largest absolute Gasteiger partial charge is 0.503 e. The van der Waals surface area contributed by atoms with Crippen LogP contribution in [0, 0.1) is 0 Å². The van der Waals surface area contributed by atoms with Gasteiger partial charge in [0, 0.05) is 31.7 Å². The molecule has 0 aromatic carbocycles. The van der Waals surface area contributed by atoms with Crippen molar-refractivity contribution in [3.8, 4) is 11.5 Å². The number of hydrogen-bond donors (Lipinski definition) is 2. The van der Waals surface area contributed by atoms with Crippen LogP contribution in [0.4, 0.5) is 0 Å². The lowest BCUT2D eigenvalue weighted by atomic mass is 9.88. The molecule has 1 amide bonds. The monoisotopic (exact) mass is 496 g/mol. The van der Waals surface area contributed by atoms with Crippen molar-refractivity contribution in [2.75, 3.05) is 20.3 Å². The van der Waals surface area contributed by atoms with E-state index in [0.29, 0.717) is 19.6 Å². The molecule has 3 aliphatic rings. The summed E-state index contributed by atoms with van der Waals surface area (Å²) >= 11 is 0. The summed E-state index contributed by atoms with van der Waals surface area (Å²) in [6.07, 6.45) is 18.1. The van der Waals surface area contributed by atoms with Crippen molar-refractivity contribution in [1.82, 2.24) is 10.3 Å². The van der Waals surface area contributed by atoms with Crippen LogP contribution in [-0.2, 0) is 14.3 Å². The van der Waals surface area contributed by atoms with Crippen molar-refractivity contribution in [2.45, 2.75) is 64.5 Å². The average molecular weight is 497 g/mol. The fourth-order valence-corrected chi connectivity index (χ4v) is 4.19. The lowest BCUT2D eigenvalue weighted by molar-refractivity contribution is -0.150. The highest BCUT2D eigenvalue weighted by Crippen LogP contribution is 2.30. The molecule has 2 aliphatic carbocycles. The van der Waals surface area contributed by atoms with Crippen molar-refractivity contribution in [2.24, 2.45) is 0 Å². The van der Waals surface area contributed by atoms with Gasteiger partial charge in [-0.05, 0) is 56.3 Å². The molecule has 2 atom stereocenters. The summed E-state index contributed by atoms with van der Waals surface area (Å²) in [5, 5.41) is 12.5. The Bertz CT molecular complexity index is 1060. The van der Waals surface area contributed by atoms with E-state index in [1.54, 1.807) is 18.1 Å². The minimum atomic E-state index is -0.865. The molecule has 4 rings (SSSR count). The molecular formula is C28H36N2O6. The van der Waals surface area contributed by atoms with Crippen LogP contribution in [0.3, 0.4) is 0 Å². The summed E-state index contributed by atoms with van der Waals surface area (Å²) < 4.78 is 15.6. The Labute approximate surface area is 212 Å². The molecule has 1 saturated heterocycles. The van der Waals surface area contributed by atoms with Crippen LogP contribution in [0.1, 0.15) is 62.9 Å². The van der Waals surface area contributed by atoms with Crippen LogP contribution >= 0.6 is 0 Å². The normalized spacial score (nSPS) is 22.2. The number of hydrogen-bond acceptors (Lipinski definition) is 7. The number of aromatic hydroxyl groups is 1. The molecule has 1 fully saturated rings. The first-order valence-electron chi connectivity index (χ1n) is 12.4. The summed E-state index contributed by atoms with van der Waals surface area (Å²) in [5.41, 5.74) is 4.40. The molecule has 0 saturated carbocycles. The zero-order valence-corrected chi connectivity index (χ0v) is 21.3. The predicted octanol–water partition coefficient (Wildman–Crippen LogP) is 4.57. The quantitative estimate of drug-likeness (QED) is 0.588. The van der Waals surface area contributed by atoms with Gasteiger partial charge in [0.1, 0.15) is 12.1 Å². The zero-order valence-electron chi connectivity index (χ0n) is 21.3. The molecule has 2 heterocycles. The number of cyclic esters (lactones) is 1. The molecule has 0 bridgehead atoms. The van der Waals surface area contributed by atoms with Gasteiger partial charge >= 0.3 is 5.97 Å². The Morgan fingerprint density at radius 2 is 1.97 bits per heavy atom. The van der Waals surface area contributed by atoms with Crippen LogP contribution in [0.2, 0.25) is 0 Å². The number of esters is 1. The van der Waals surface area contributed by atoms with Crippen LogP contribution in [-0.4, -0.2) is 54.4 Å². The van der Waals surface area contributed by atoms with Gasteiger partial charge in [0.2, 0.25) is 0 Å². The summed E-state index contributed by atoms with van der Waals surface area (Å²) in [7, 11) is 1.37. The van der Waals surface area contributed by atoms with Crippen molar-refractivity contribution in [3.05, 3.63) is 65.1 Å². The lowest BCUT2D eigenvalue weighted by Gasteiger charge is -2.18. The SMILES string of the molecule is CC1=C(C2=CC=CCC2)CCC=C1.COc1ccnc(C(=O)N[C@H]2CCOCCC(C)OC2=O)c1O. The van der Waals surface area contributed by atoms with Gasteiger partial charge in [-0.1, -0.05) is 30.4 Å². The smallest absolute Gasteiger partial charge is 0.329 e. The first-order chi connectivity index (χ1) is 17.4. The Kier molecular flexibility index (Phi) is 10.3. The summed E-state index contributed by atoms with van der Waals surface area (Å²) in [6.45, 7) is 4.81. The molecule has 1 aromatic heterocycles. The van der Waals surface area contributed by atoms with Crippen molar-refractivity contribution in [1.29, 1.82) is 0 Å². The van der Waals surface area contributed by atoms with Crippen molar-refractivity contribution < 1.29 is 28.9 Å². The molecule has 194 valence electrons. The topological polar surface area (TPSA) is 107 Å². The molecule has 1 aliphatic heterocycles. The van der Waals surface area contributed by atoms with E-state index in [-0.39, 0.29) is 29.7 Å². The lowest BCUT2D eigenvalue weighted by Crippen LogP contribution is -2.43. The molecular weight excluding hydrogens is 460 g/mol. The summed E-state index contributed by atoms with van der Waals surface area (Å²) in [5.74, 6) is -1.47. The van der Waals surface area contributed by atoms with E-state index in [9.17, 15) is 14.7 Å². The highest BCUT2D eigenvalue weighted by atomic mass is 16.5. The third-order valence-corrected chi connectivity index (χ3v) is 6.26. The Morgan fingerprint density at radius 3 is 2.69 bits per heavy atom. The van der Waals surface area contributed by atoms with E-state index >= 15 is 0 Å². The van der Waals surface area contributed by atoms with E-state index in [2.05, 4.69) is 47.6 Å². The van der Waals surface area contributed by atoms with Crippen LogP contribution in [0.15, 0.2) is 59.4 Å². The number of nitrogens with one attached hydrogen (secondary N) is 1. The Balaban J connectivity index is 0.000000233. The number of ether oxygens (including phenoxy) is 3. The number of rotatable bonds is 4. The van der Waals surface area contributed by atoms with E-state index in [0.717, 1.165) is 0 Å². The maximum atomic E-state index is 12.3. The fraction of sp³-hybridized carbons (Fsp3) is 0.464. The Hall–Kier alpha value is -3.39. The van der Waals surface area contributed by atoms with E-state index < -0.39 is 17.9 Å². The molecule has 0 spiro atoms. The molecule has 0 radical (unpaired) electrons. The number of carbonyl (C=O) groups is 2. The van der Waals surface area contributed by atoms with Gasteiger partial charge in [-0.2, -0.15) is 0 Å². The Morgan fingerprint density at radius 1 is 1.19 bits per heavy atom. The molecule has 1 unspecified atom stereocenters. The molecule has 36 heavy (non-hydrogen) atoms.